The van der Waals surface area contributed by atoms with Crippen LogP contribution in [0, 0.1) is 0 Å². The van der Waals surface area contributed by atoms with E-state index < -0.39 is 14.4 Å². The first-order valence-electron chi connectivity index (χ1n) is 3.58. The third-order valence-corrected chi connectivity index (χ3v) is 4.34. The molecule has 0 atom stereocenters. The highest BCUT2D eigenvalue weighted by Gasteiger charge is 2.11. The normalized spacial score (nSPS) is 12.3. The maximum Gasteiger partial charge on any atom is 0.288 e. The van der Waals surface area contributed by atoms with Crippen LogP contribution in [-0.4, -0.2) is 17.9 Å². The number of rotatable bonds is 2. The monoisotopic (exact) mass is 327 g/mol. The Morgan fingerprint density at radius 2 is 1.93 bits per heavy atom. The molecule has 0 saturated heterocycles. The van der Waals surface area contributed by atoms with Gasteiger partial charge in [-0.15, -0.1) is 3.77 Å². The van der Waals surface area contributed by atoms with E-state index in [4.69, 9.17) is 5.11 Å². The summed E-state index contributed by atoms with van der Waals surface area (Å²) in [5, 5.41) is 8.66. The minimum atomic E-state index is -3.73. The van der Waals surface area contributed by atoms with E-state index in [0.29, 0.717) is 0 Å². The Balaban J connectivity index is 3.07. The molecule has 0 unspecified atom stereocenters. The zero-order chi connectivity index (χ0) is 11.5. The van der Waals surface area contributed by atoms with Gasteiger partial charge in [0.2, 0.25) is 4.38 Å². The van der Waals surface area contributed by atoms with Crippen LogP contribution in [0.15, 0.2) is 37.4 Å². The van der Waals surface area contributed by atoms with Crippen molar-refractivity contribution in [3.8, 4) is 0 Å². The fraction of sp³-hybridized carbons (Fsp3) is 0. The topological polar surface area (TPSA) is 66.7 Å². The van der Waals surface area contributed by atoms with E-state index in [0.717, 1.165) is 4.47 Å². The second-order valence-electron chi connectivity index (χ2n) is 2.39. The summed E-state index contributed by atoms with van der Waals surface area (Å²) in [6.45, 7) is 0. The van der Waals surface area contributed by atoms with Crippen LogP contribution in [0.2, 0.25) is 0 Å². The van der Waals surface area contributed by atoms with Gasteiger partial charge in [-0.05, 0) is 48.0 Å². The average molecular weight is 328 g/mol. The van der Waals surface area contributed by atoms with Crippen LogP contribution in [0.1, 0.15) is 0 Å². The van der Waals surface area contributed by atoms with Gasteiger partial charge in [-0.3, -0.25) is 0 Å². The molecule has 0 aliphatic rings. The quantitative estimate of drug-likeness (QED) is 0.644. The number of aliphatic hydroxyl groups excluding tert-OH is 1. The van der Waals surface area contributed by atoms with Gasteiger partial charge >= 0.3 is 0 Å². The van der Waals surface area contributed by atoms with Gasteiger partial charge in [-0.1, -0.05) is 15.9 Å². The Labute approximate surface area is 105 Å². The molecule has 0 aromatic heterocycles. The van der Waals surface area contributed by atoms with Crippen molar-refractivity contribution < 1.29 is 13.5 Å². The molecule has 0 aliphatic carbocycles. The molecule has 0 radical (unpaired) electrons. The molecule has 8 heteroatoms. The van der Waals surface area contributed by atoms with Gasteiger partial charge in [0, 0.05) is 4.47 Å². The molecule has 15 heavy (non-hydrogen) atoms. The number of aliphatic hydroxyl groups is 1. The van der Waals surface area contributed by atoms with Crippen LogP contribution in [0.4, 0.5) is 0 Å². The SMILES string of the molecule is O=S(=O)(N=[SH]C(O)=S)c1ccc(Br)cc1. The summed E-state index contributed by atoms with van der Waals surface area (Å²) in [5.74, 6) is 0. The Morgan fingerprint density at radius 3 is 2.40 bits per heavy atom. The molecule has 1 aromatic carbocycles. The van der Waals surface area contributed by atoms with Crippen LogP contribution in [0.5, 0.6) is 0 Å². The van der Waals surface area contributed by atoms with Crippen LogP contribution < -0.4 is 0 Å². The van der Waals surface area contributed by atoms with Crippen molar-refractivity contribution in [3.05, 3.63) is 28.7 Å². The van der Waals surface area contributed by atoms with Crippen LogP contribution in [0.3, 0.4) is 0 Å². The predicted molar refractivity (Wildman–Crippen MR) is 67.7 cm³/mol. The zero-order valence-electron chi connectivity index (χ0n) is 7.16. The van der Waals surface area contributed by atoms with E-state index in [1.165, 1.54) is 12.1 Å². The van der Waals surface area contributed by atoms with E-state index in [1.54, 1.807) is 12.1 Å². The lowest BCUT2D eigenvalue weighted by Gasteiger charge is -1.97. The number of hydrogen-bond donors (Lipinski definition) is 2. The summed E-state index contributed by atoms with van der Waals surface area (Å²) in [6, 6.07) is 6.02. The fourth-order valence-corrected chi connectivity index (χ4v) is 2.87. The first kappa shape index (κ1) is 12.8. The minimum Gasteiger partial charge on any atom is -0.494 e. The first-order valence-corrected chi connectivity index (χ1v) is 7.07. The van der Waals surface area contributed by atoms with Crippen molar-refractivity contribution >= 4 is 54.1 Å². The van der Waals surface area contributed by atoms with Crippen molar-refractivity contribution in [1.29, 1.82) is 0 Å². The molecule has 1 N–H and O–H groups in total. The van der Waals surface area contributed by atoms with Crippen LogP contribution in [-0.2, 0) is 21.6 Å². The number of thiocarbonyl (C=S) groups is 1. The second kappa shape index (κ2) is 5.15. The Hall–Kier alpha value is -0.310. The predicted octanol–water partition coefficient (Wildman–Crippen LogP) is 1.98. The third kappa shape index (κ3) is 3.98. The number of nitrogens with zero attached hydrogens (tertiary/aromatic N) is 1. The molecule has 1 rings (SSSR count). The Morgan fingerprint density at radius 1 is 1.40 bits per heavy atom. The van der Waals surface area contributed by atoms with Gasteiger partial charge in [0.25, 0.3) is 10.0 Å². The molecular formula is C7H6BrNO3S3. The summed E-state index contributed by atoms with van der Waals surface area (Å²) < 4.78 is 26.6. The summed E-state index contributed by atoms with van der Waals surface area (Å²) >= 11 is 7.36. The van der Waals surface area contributed by atoms with Crippen molar-refractivity contribution in [2.24, 2.45) is 3.77 Å². The fourth-order valence-electron chi connectivity index (χ4n) is 0.742. The summed E-state index contributed by atoms with van der Waals surface area (Å²) in [7, 11) is -3.73. The smallest absolute Gasteiger partial charge is 0.288 e. The van der Waals surface area contributed by atoms with E-state index in [-0.39, 0.29) is 16.5 Å². The van der Waals surface area contributed by atoms with E-state index in [2.05, 4.69) is 31.9 Å². The molecule has 0 spiro atoms. The molecule has 1 aromatic rings. The number of halogens is 1. The van der Waals surface area contributed by atoms with Crippen LogP contribution in [0.25, 0.3) is 0 Å². The van der Waals surface area contributed by atoms with Gasteiger partial charge < -0.3 is 5.11 Å². The van der Waals surface area contributed by atoms with Gasteiger partial charge in [-0.25, -0.2) is 0 Å². The maximum atomic E-state index is 11.5. The lowest BCUT2D eigenvalue weighted by molar-refractivity contribution is 0.585. The molecule has 0 saturated carbocycles. The van der Waals surface area contributed by atoms with E-state index in [1.807, 2.05) is 0 Å². The van der Waals surface area contributed by atoms with Gasteiger partial charge in [-0.2, -0.15) is 8.42 Å². The number of hydrogen-bond acceptors (Lipinski definition) is 3. The van der Waals surface area contributed by atoms with E-state index >= 15 is 0 Å². The Bertz CT molecular complexity index is 495. The Kier molecular flexibility index (Phi) is 4.38. The standard InChI is InChI=1S/C7H6BrNO3S3/c8-5-1-3-6(4-2-5)15(11,12)9-14-7(10)13/h1-4,14H,(H,10,13). The molecule has 0 heterocycles. The summed E-state index contributed by atoms with van der Waals surface area (Å²) in [4.78, 5) is 0.0643. The number of thiol groups is 1. The summed E-state index contributed by atoms with van der Waals surface area (Å²) in [6.07, 6.45) is 0. The maximum absolute atomic E-state index is 11.5. The molecule has 0 amide bonds. The van der Waals surface area contributed by atoms with Crippen molar-refractivity contribution in [1.82, 2.24) is 0 Å². The number of benzene rings is 1. The largest absolute Gasteiger partial charge is 0.494 e. The van der Waals surface area contributed by atoms with Crippen molar-refractivity contribution in [3.63, 3.8) is 0 Å². The van der Waals surface area contributed by atoms with Crippen molar-refractivity contribution in [2.75, 3.05) is 0 Å². The van der Waals surface area contributed by atoms with Gasteiger partial charge in [0.1, 0.15) is 0 Å². The highest BCUT2D eigenvalue weighted by Crippen LogP contribution is 2.16. The highest BCUT2D eigenvalue weighted by atomic mass is 79.9. The van der Waals surface area contributed by atoms with Crippen LogP contribution >= 0.6 is 28.1 Å². The molecule has 0 fully saturated rings. The molecule has 82 valence electrons. The molecule has 0 aliphatic heterocycles. The van der Waals surface area contributed by atoms with E-state index in [9.17, 15) is 8.42 Å². The van der Waals surface area contributed by atoms with Crippen molar-refractivity contribution in [2.45, 2.75) is 4.90 Å². The molecule has 0 bridgehead atoms. The lowest BCUT2D eigenvalue weighted by Crippen LogP contribution is -1.97. The second-order valence-corrected chi connectivity index (χ2v) is 6.70. The first-order chi connectivity index (χ1) is 6.92. The third-order valence-electron chi connectivity index (χ3n) is 1.35. The summed E-state index contributed by atoms with van der Waals surface area (Å²) in [5.41, 5.74) is 0. The molecule has 4 nitrogen and oxygen atoms in total. The average Bonchev–Trinajstić information content (AvgIpc) is 2.16. The highest BCUT2D eigenvalue weighted by molar-refractivity contribution is 9.10. The van der Waals surface area contributed by atoms with Gasteiger partial charge in [0.05, 0.1) is 4.90 Å². The van der Waals surface area contributed by atoms with Gasteiger partial charge in [0.15, 0.2) is 0 Å². The minimum absolute atomic E-state index is 0.0643. The lowest BCUT2D eigenvalue weighted by atomic mass is 10.4. The zero-order valence-corrected chi connectivity index (χ0v) is 11.3. The molecular weight excluding hydrogens is 322 g/mol. The number of sulfonamides is 1.